The molecule has 0 radical (unpaired) electrons. The number of thiophene rings is 1. The molecule has 1 aromatic carbocycles. The van der Waals surface area contributed by atoms with E-state index in [1.165, 1.54) is 22.5 Å². The zero-order valence-corrected chi connectivity index (χ0v) is 16.2. The second kappa shape index (κ2) is 8.22. The Morgan fingerprint density at radius 1 is 1.19 bits per heavy atom. The molecule has 1 aromatic heterocycles. The Morgan fingerprint density at radius 3 is 2.44 bits per heavy atom. The minimum absolute atomic E-state index is 0.0754. The van der Waals surface area contributed by atoms with Crippen molar-refractivity contribution < 1.29 is 27.8 Å². The first-order valence-electron chi connectivity index (χ1n) is 8.17. The molecular weight excluding hydrogens is 390 g/mol. The molecule has 2 heterocycles. The number of carbonyl (C=O) groups is 1. The number of methoxy groups -OCH3 is 1. The normalized spacial score (nSPS) is 16.3. The van der Waals surface area contributed by atoms with Gasteiger partial charge in [-0.05, 0) is 35.9 Å². The average molecular weight is 408 g/mol. The van der Waals surface area contributed by atoms with Crippen LogP contribution < -0.4 is 9.84 Å². The average Bonchev–Trinajstić information content (AvgIpc) is 3.17. The monoisotopic (exact) mass is 408 g/mol. The van der Waals surface area contributed by atoms with E-state index in [1.807, 2.05) is 0 Å². The van der Waals surface area contributed by atoms with Gasteiger partial charge in [0.15, 0.2) is 0 Å². The molecule has 2 aromatic rings. The van der Waals surface area contributed by atoms with Crippen molar-refractivity contribution in [2.24, 2.45) is 0 Å². The minimum atomic E-state index is -3.67. The molecule has 7 nitrogen and oxygen atoms in total. The molecular formula is C18H18NO6S2-. The van der Waals surface area contributed by atoms with E-state index in [1.54, 1.807) is 31.4 Å². The summed E-state index contributed by atoms with van der Waals surface area (Å²) >= 11 is 0.913. The number of hydrogen-bond donors (Lipinski definition) is 0. The van der Waals surface area contributed by atoms with Gasteiger partial charge < -0.3 is 19.4 Å². The van der Waals surface area contributed by atoms with Gasteiger partial charge in [0.05, 0.1) is 26.3 Å². The fraction of sp³-hybridized carbons (Fsp3) is 0.278. The van der Waals surface area contributed by atoms with Crippen molar-refractivity contribution >= 4 is 39.0 Å². The van der Waals surface area contributed by atoms with Crippen LogP contribution in [-0.2, 0) is 19.6 Å². The summed E-state index contributed by atoms with van der Waals surface area (Å²) in [5, 5.41) is 11.6. The fourth-order valence-electron chi connectivity index (χ4n) is 2.62. The van der Waals surface area contributed by atoms with Crippen molar-refractivity contribution in [1.29, 1.82) is 0 Å². The maximum absolute atomic E-state index is 12.7. The van der Waals surface area contributed by atoms with Crippen LogP contribution in [0.25, 0.3) is 11.6 Å². The van der Waals surface area contributed by atoms with Crippen LogP contribution >= 0.6 is 11.3 Å². The number of nitrogens with zero attached hydrogens (tertiary/aromatic N) is 1. The molecule has 144 valence electrons. The zero-order chi connectivity index (χ0) is 19.4. The first-order chi connectivity index (χ1) is 12.9. The maximum atomic E-state index is 12.7. The van der Waals surface area contributed by atoms with Crippen molar-refractivity contribution in [3.05, 3.63) is 46.8 Å². The van der Waals surface area contributed by atoms with Crippen molar-refractivity contribution in [3.63, 3.8) is 0 Å². The Hall–Kier alpha value is -2.20. The molecule has 1 saturated heterocycles. The van der Waals surface area contributed by atoms with Crippen molar-refractivity contribution in [2.45, 2.75) is 4.21 Å². The summed E-state index contributed by atoms with van der Waals surface area (Å²) in [6.07, 6.45) is 1.45. The first kappa shape index (κ1) is 19.6. The minimum Gasteiger partial charge on any atom is -0.545 e. The second-order valence-corrected chi connectivity index (χ2v) is 9.00. The molecule has 0 amide bonds. The molecule has 1 aliphatic heterocycles. The van der Waals surface area contributed by atoms with Crippen LogP contribution in [0.4, 0.5) is 0 Å². The molecule has 0 aliphatic carbocycles. The summed E-state index contributed by atoms with van der Waals surface area (Å²) in [5.41, 5.74) is 0.564. The molecule has 0 atom stereocenters. The van der Waals surface area contributed by atoms with Gasteiger partial charge >= 0.3 is 0 Å². The highest BCUT2D eigenvalue weighted by atomic mass is 32.2. The van der Waals surface area contributed by atoms with E-state index in [2.05, 4.69) is 0 Å². The summed E-state index contributed by atoms with van der Waals surface area (Å²) < 4.78 is 37.1. The Balaban J connectivity index is 1.91. The highest BCUT2D eigenvalue weighted by Crippen LogP contribution is 2.31. The molecule has 0 spiro atoms. The second-order valence-electron chi connectivity index (χ2n) is 5.75. The lowest BCUT2D eigenvalue weighted by molar-refractivity contribution is -0.295. The third-order valence-corrected chi connectivity index (χ3v) is 7.54. The summed E-state index contributed by atoms with van der Waals surface area (Å²) in [6, 6.07) is 9.75. The van der Waals surface area contributed by atoms with Gasteiger partial charge in [-0.3, -0.25) is 0 Å². The summed E-state index contributed by atoms with van der Waals surface area (Å²) in [6.45, 7) is 1.26. The number of carboxylic acid groups (broad SMARTS) is 1. The van der Waals surface area contributed by atoms with Crippen molar-refractivity contribution in [3.8, 4) is 5.75 Å². The third-order valence-electron chi connectivity index (χ3n) is 4.06. The molecule has 9 heteroatoms. The molecule has 3 rings (SSSR count). The van der Waals surface area contributed by atoms with E-state index in [9.17, 15) is 18.3 Å². The standard InChI is InChI=1S/C18H19NO6S2/c1-24-14-4-2-13(3-5-14)12-15(18(20)21)16-6-7-17(26-16)27(22,23)19-8-10-25-11-9-19/h2-7,12H,8-11H2,1H3,(H,20,21)/p-1/b15-12-. The smallest absolute Gasteiger partial charge is 0.252 e. The maximum Gasteiger partial charge on any atom is 0.252 e. The SMILES string of the molecule is COc1ccc(/C=C(\C(=O)[O-])c2ccc(S(=O)(=O)N3CCOCC3)s2)cc1. The van der Waals surface area contributed by atoms with Crippen LogP contribution in [0.1, 0.15) is 10.4 Å². The molecule has 0 unspecified atom stereocenters. The van der Waals surface area contributed by atoms with Crippen LogP contribution in [0.5, 0.6) is 5.75 Å². The highest BCUT2D eigenvalue weighted by molar-refractivity contribution is 7.91. The summed E-state index contributed by atoms with van der Waals surface area (Å²) in [7, 11) is -2.13. The fourth-order valence-corrected chi connectivity index (χ4v) is 5.49. The van der Waals surface area contributed by atoms with E-state index in [4.69, 9.17) is 9.47 Å². The third kappa shape index (κ3) is 4.38. The number of carboxylic acids is 1. The van der Waals surface area contributed by atoms with E-state index >= 15 is 0 Å². The van der Waals surface area contributed by atoms with Gasteiger partial charge in [0, 0.05) is 23.5 Å². The predicted octanol–water partition coefficient (Wildman–Crippen LogP) is 1.07. The van der Waals surface area contributed by atoms with Crippen LogP contribution in [0, 0.1) is 0 Å². The largest absolute Gasteiger partial charge is 0.545 e. The number of morpholine rings is 1. The number of benzene rings is 1. The van der Waals surface area contributed by atoms with Crippen LogP contribution in [-0.4, -0.2) is 52.1 Å². The molecule has 27 heavy (non-hydrogen) atoms. The first-order valence-corrected chi connectivity index (χ1v) is 10.4. The van der Waals surface area contributed by atoms with Crippen molar-refractivity contribution in [1.82, 2.24) is 4.31 Å². The number of carbonyl (C=O) groups excluding carboxylic acids is 1. The van der Waals surface area contributed by atoms with E-state index in [0.29, 0.717) is 29.4 Å². The Labute approximate surface area is 161 Å². The lowest BCUT2D eigenvalue weighted by atomic mass is 10.1. The zero-order valence-electron chi connectivity index (χ0n) is 14.6. The lowest BCUT2D eigenvalue weighted by Gasteiger charge is -2.25. The number of aliphatic carboxylic acids is 1. The van der Waals surface area contributed by atoms with Crippen LogP contribution in [0.2, 0.25) is 0 Å². The molecule has 0 saturated carbocycles. The van der Waals surface area contributed by atoms with E-state index < -0.39 is 16.0 Å². The van der Waals surface area contributed by atoms with Gasteiger partial charge in [0.1, 0.15) is 9.96 Å². The van der Waals surface area contributed by atoms with Gasteiger partial charge in [-0.25, -0.2) is 8.42 Å². The van der Waals surface area contributed by atoms with E-state index in [0.717, 1.165) is 11.3 Å². The van der Waals surface area contributed by atoms with Gasteiger partial charge in [-0.15, -0.1) is 11.3 Å². The number of hydrogen-bond acceptors (Lipinski definition) is 7. The number of ether oxygens (including phenoxy) is 2. The molecule has 0 bridgehead atoms. The number of rotatable bonds is 6. The lowest BCUT2D eigenvalue weighted by Crippen LogP contribution is -2.40. The van der Waals surface area contributed by atoms with Crippen LogP contribution in [0.3, 0.4) is 0 Å². The summed E-state index contributed by atoms with van der Waals surface area (Å²) in [4.78, 5) is 11.9. The summed E-state index contributed by atoms with van der Waals surface area (Å²) in [5.74, 6) is -0.722. The molecule has 1 fully saturated rings. The van der Waals surface area contributed by atoms with Crippen molar-refractivity contribution in [2.75, 3.05) is 33.4 Å². The Bertz CT molecular complexity index is 940. The van der Waals surface area contributed by atoms with Gasteiger partial charge in [-0.1, -0.05) is 12.1 Å². The van der Waals surface area contributed by atoms with Gasteiger partial charge in [0.2, 0.25) is 0 Å². The topological polar surface area (TPSA) is 96.0 Å². The highest BCUT2D eigenvalue weighted by Gasteiger charge is 2.28. The van der Waals surface area contributed by atoms with Gasteiger partial charge in [0.25, 0.3) is 10.0 Å². The quantitative estimate of drug-likeness (QED) is 0.664. The number of sulfonamides is 1. The Morgan fingerprint density at radius 2 is 1.85 bits per heavy atom. The predicted molar refractivity (Wildman–Crippen MR) is 99.8 cm³/mol. The van der Waals surface area contributed by atoms with Crippen LogP contribution in [0.15, 0.2) is 40.6 Å². The molecule has 1 aliphatic rings. The van der Waals surface area contributed by atoms with E-state index in [-0.39, 0.29) is 22.9 Å². The van der Waals surface area contributed by atoms with Gasteiger partial charge in [-0.2, -0.15) is 4.31 Å². The Kier molecular flexibility index (Phi) is 5.95. The molecule has 0 N–H and O–H groups in total.